The van der Waals surface area contributed by atoms with Crippen LogP contribution in [0.3, 0.4) is 0 Å². The Balaban J connectivity index is 2.65. The highest BCUT2D eigenvalue weighted by molar-refractivity contribution is 6.00. The fourth-order valence-corrected chi connectivity index (χ4v) is 1.71. The minimum Gasteiger partial charge on any atom is -0.399 e. The number of amides is 1. The summed E-state index contributed by atoms with van der Waals surface area (Å²) in [5, 5.41) is 2.47. The molecule has 1 aromatic rings. The van der Waals surface area contributed by atoms with Gasteiger partial charge in [-0.15, -0.1) is 0 Å². The molecule has 1 aromatic carbocycles. The summed E-state index contributed by atoms with van der Waals surface area (Å²) in [5.41, 5.74) is 7.07. The first-order valence-corrected chi connectivity index (χ1v) is 6.12. The maximum Gasteiger partial charge on any atom is 0.389 e. The average molecular weight is 289 g/mol. The van der Waals surface area contributed by atoms with E-state index in [-0.39, 0.29) is 13.0 Å². The number of nitrogens with one attached hydrogen (secondary N) is 1. The van der Waals surface area contributed by atoms with Gasteiger partial charge in [-0.3, -0.25) is 4.79 Å². The summed E-state index contributed by atoms with van der Waals surface area (Å²) in [5.74, 6) is -0.428. The molecule has 20 heavy (non-hydrogen) atoms. The van der Waals surface area contributed by atoms with Crippen LogP contribution >= 0.6 is 0 Å². The first kappa shape index (κ1) is 16.1. The van der Waals surface area contributed by atoms with Crippen molar-refractivity contribution in [3.05, 3.63) is 23.8 Å². The van der Waals surface area contributed by atoms with Crippen molar-refractivity contribution in [2.75, 3.05) is 31.3 Å². The molecule has 0 saturated carbocycles. The van der Waals surface area contributed by atoms with E-state index < -0.39 is 18.5 Å². The van der Waals surface area contributed by atoms with E-state index in [0.717, 1.165) is 0 Å². The molecular weight excluding hydrogens is 271 g/mol. The van der Waals surface area contributed by atoms with Crippen molar-refractivity contribution in [2.45, 2.75) is 19.0 Å². The smallest absolute Gasteiger partial charge is 0.389 e. The summed E-state index contributed by atoms with van der Waals surface area (Å²) in [6, 6.07) is 4.87. The molecule has 0 unspecified atom stereocenters. The van der Waals surface area contributed by atoms with E-state index in [4.69, 9.17) is 5.73 Å². The highest BCUT2D eigenvalue weighted by Gasteiger charge is 2.26. The monoisotopic (exact) mass is 289 g/mol. The van der Waals surface area contributed by atoms with E-state index in [9.17, 15) is 18.0 Å². The van der Waals surface area contributed by atoms with E-state index in [2.05, 4.69) is 5.32 Å². The standard InChI is InChI=1S/C13H18F3N3O/c1-19(2)11-5-4-9(17)8-10(11)12(20)18-7-3-6-13(14,15)16/h4-5,8H,3,6-7,17H2,1-2H3,(H,18,20). The minimum atomic E-state index is -4.20. The second kappa shape index (κ2) is 6.49. The van der Waals surface area contributed by atoms with Crippen LogP contribution in [0.25, 0.3) is 0 Å². The lowest BCUT2D eigenvalue weighted by Gasteiger charge is -2.17. The Morgan fingerprint density at radius 1 is 1.35 bits per heavy atom. The van der Waals surface area contributed by atoms with Gasteiger partial charge in [0.1, 0.15) is 0 Å². The van der Waals surface area contributed by atoms with E-state index in [0.29, 0.717) is 16.9 Å². The van der Waals surface area contributed by atoms with Crippen molar-refractivity contribution in [1.82, 2.24) is 5.32 Å². The first-order chi connectivity index (χ1) is 9.20. The van der Waals surface area contributed by atoms with E-state index in [1.54, 1.807) is 31.1 Å². The van der Waals surface area contributed by atoms with E-state index in [1.165, 1.54) is 6.07 Å². The Hall–Kier alpha value is -1.92. The number of nitrogens with zero attached hydrogens (tertiary/aromatic N) is 1. The summed E-state index contributed by atoms with van der Waals surface area (Å²) in [6.07, 6.45) is -5.25. The summed E-state index contributed by atoms with van der Waals surface area (Å²) in [4.78, 5) is 13.7. The zero-order chi connectivity index (χ0) is 15.3. The molecule has 4 nitrogen and oxygen atoms in total. The third-order valence-corrected chi connectivity index (χ3v) is 2.67. The lowest BCUT2D eigenvalue weighted by Crippen LogP contribution is -2.27. The van der Waals surface area contributed by atoms with Crippen LogP contribution in [-0.4, -0.2) is 32.7 Å². The van der Waals surface area contributed by atoms with Crippen LogP contribution in [0.2, 0.25) is 0 Å². The molecule has 3 N–H and O–H groups in total. The largest absolute Gasteiger partial charge is 0.399 e. The van der Waals surface area contributed by atoms with Gasteiger partial charge in [-0.05, 0) is 24.6 Å². The predicted octanol–water partition coefficient (Wildman–Crippen LogP) is 2.41. The minimum absolute atomic E-state index is 0.0278. The topological polar surface area (TPSA) is 58.4 Å². The van der Waals surface area contributed by atoms with Crippen molar-refractivity contribution in [3.8, 4) is 0 Å². The lowest BCUT2D eigenvalue weighted by atomic mass is 10.1. The van der Waals surface area contributed by atoms with Crippen molar-refractivity contribution < 1.29 is 18.0 Å². The number of rotatable bonds is 5. The van der Waals surface area contributed by atoms with E-state index >= 15 is 0 Å². The van der Waals surface area contributed by atoms with Gasteiger partial charge in [0.15, 0.2) is 0 Å². The summed E-state index contributed by atoms with van der Waals surface area (Å²) in [7, 11) is 3.54. The molecule has 0 fully saturated rings. The van der Waals surface area contributed by atoms with Gasteiger partial charge in [0.05, 0.1) is 5.56 Å². The van der Waals surface area contributed by atoms with Gasteiger partial charge >= 0.3 is 6.18 Å². The van der Waals surface area contributed by atoms with Crippen LogP contribution in [0, 0.1) is 0 Å². The highest BCUT2D eigenvalue weighted by Crippen LogP contribution is 2.22. The number of hydrogen-bond acceptors (Lipinski definition) is 3. The molecule has 7 heteroatoms. The van der Waals surface area contributed by atoms with Crippen molar-refractivity contribution in [3.63, 3.8) is 0 Å². The van der Waals surface area contributed by atoms with Crippen LogP contribution in [0.5, 0.6) is 0 Å². The number of nitrogen functional groups attached to an aromatic ring is 1. The number of carbonyl (C=O) groups is 1. The van der Waals surface area contributed by atoms with Crippen molar-refractivity contribution >= 4 is 17.3 Å². The van der Waals surface area contributed by atoms with Crippen LogP contribution in [-0.2, 0) is 0 Å². The summed E-state index contributed by atoms with van der Waals surface area (Å²) in [6.45, 7) is -0.0278. The molecule has 0 saturated heterocycles. The fraction of sp³-hybridized carbons (Fsp3) is 0.462. The molecular formula is C13H18F3N3O. The molecule has 0 radical (unpaired) electrons. The quantitative estimate of drug-likeness (QED) is 0.646. The number of nitrogens with two attached hydrogens (primary N) is 1. The summed E-state index contributed by atoms with van der Waals surface area (Å²) < 4.78 is 36.0. The van der Waals surface area contributed by atoms with Gasteiger partial charge in [-0.25, -0.2) is 0 Å². The molecule has 0 aromatic heterocycles. The predicted molar refractivity (Wildman–Crippen MR) is 72.8 cm³/mol. The maximum atomic E-state index is 12.0. The molecule has 0 aliphatic carbocycles. The van der Waals surface area contributed by atoms with Crippen LogP contribution < -0.4 is 16.0 Å². The second-order valence-electron chi connectivity index (χ2n) is 4.65. The highest BCUT2D eigenvalue weighted by atomic mass is 19.4. The molecule has 0 aliphatic heterocycles. The maximum absolute atomic E-state index is 12.0. The Kier molecular flexibility index (Phi) is 5.24. The van der Waals surface area contributed by atoms with Crippen molar-refractivity contribution in [1.29, 1.82) is 0 Å². The van der Waals surface area contributed by atoms with Gasteiger partial charge < -0.3 is 16.0 Å². The second-order valence-corrected chi connectivity index (χ2v) is 4.65. The number of hydrogen-bond donors (Lipinski definition) is 2. The zero-order valence-electron chi connectivity index (χ0n) is 11.4. The summed E-state index contributed by atoms with van der Waals surface area (Å²) >= 11 is 0. The van der Waals surface area contributed by atoms with Crippen molar-refractivity contribution in [2.24, 2.45) is 0 Å². The van der Waals surface area contributed by atoms with E-state index in [1.807, 2.05) is 0 Å². The van der Waals surface area contributed by atoms with Gasteiger partial charge in [-0.1, -0.05) is 0 Å². The SMILES string of the molecule is CN(C)c1ccc(N)cc1C(=O)NCCCC(F)(F)F. The fourth-order valence-electron chi connectivity index (χ4n) is 1.71. The Bertz CT molecular complexity index is 472. The number of anilines is 2. The molecule has 0 heterocycles. The number of benzene rings is 1. The Labute approximate surface area is 115 Å². The molecule has 1 rings (SSSR count). The number of alkyl halides is 3. The Morgan fingerprint density at radius 3 is 2.55 bits per heavy atom. The molecule has 0 spiro atoms. The number of halogens is 3. The third-order valence-electron chi connectivity index (χ3n) is 2.67. The molecule has 0 aliphatic rings. The van der Waals surface area contributed by atoms with Gasteiger partial charge in [0.25, 0.3) is 5.91 Å². The average Bonchev–Trinajstić information content (AvgIpc) is 2.32. The number of carbonyl (C=O) groups excluding carboxylic acids is 1. The first-order valence-electron chi connectivity index (χ1n) is 6.12. The normalized spacial score (nSPS) is 11.2. The third kappa shape index (κ3) is 4.99. The molecule has 0 atom stereocenters. The van der Waals surface area contributed by atoms with Gasteiger partial charge in [-0.2, -0.15) is 13.2 Å². The van der Waals surface area contributed by atoms with Gasteiger partial charge in [0, 0.05) is 38.4 Å². The van der Waals surface area contributed by atoms with Crippen LogP contribution in [0.1, 0.15) is 23.2 Å². The zero-order valence-corrected chi connectivity index (χ0v) is 11.4. The Morgan fingerprint density at radius 2 is 2.00 bits per heavy atom. The van der Waals surface area contributed by atoms with Crippen LogP contribution in [0.4, 0.5) is 24.5 Å². The lowest BCUT2D eigenvalue weighted by molar-refractivity contribution is -0.135. The molecule has 112 valence electrons. The van der Waals surface area contributed by atoms with Gasteiger partial charge in [0.2, 0.25) is 0 Å². The van der Waals surface area contributed by atoms with Crippen LogP contribution in [0.15, 0.2) is 18.2 Å². The molecule has 0 bridgehead atoms. The molecule has 1 amide bonds.